The van der Waals surface area contributed by atoms with E-state index in [0.29, 0.717) is 18.6 Å². The van der Waals surface area contributed by atoms with Crippen LogP contribution in [0, 0.1) is 0 Å². The van der Waals surface area contributed by atoms with Gasteiger partial charge in [0.05, 0.1) is 6.26 Å². The van der Waals surface area contributed by atoms with E-state index in [9.17, 15) is 13.2 Å². The van der Waals surface area contributed by atoms with E-state index < -0.39 is 10.0 Å². The van der Waals surface area contributed by atoms with Crippen molar-refractivity contribution >= 4 is 22.1 Å². The Morgan fingerprint density at radius 2 is 1.87 bits per heavy atom. The zero-order valence-corrected chi connectivity index (χ0v) is 9.04. The molecular formula is C9H12N2O3S. The number of rotatable bonds is 5. The molecule has 1 aromatic carbocycles. The van der Waals surface area contributed by atoms with Crippen molar-refractivity contribution in [1.29, 1.82) is 0 Å². The molecule has 1 rings (SSSR count). The third-order valence-corrected chi connectivity index (χ3v) is 2.25. The maximum atomic E-state index is 10.9. The molecule has 0 atom stereocenters. The second kappa shape index (κ2) is 4.79. The summed E-state index contributed by atoms with van der Waals surface area (Å²) in [5.41, 5.74) is 1.41. The first-order valence-corrected chi connectivity index (χ1v) is 6.14. The molecule has 0 saturated heterocycles. The van der Waals surface area contributed by atoms with E-state index in [1.54, 1.807) is 24.3 Å². The van der Waals surface area contributed by atoms with Gasteiger partial charge in [0.2, 0.25) is 16.4 Å². The molecule has 0 unspecified atom stereocenters. The number of nitrogens with one attached hydrogen (secondary N) is 2. The monoisotopic (exact) mass is 228 g/mol. The Kier molecular flexibility index (Phi) is 3.68. The van der Waals surface area contributed by atoms with Crippen molar-refractivity contribution in [2.24, 2.45) is 0 Å². The lowest BCUT2D eigenvalue weighted by atomic mass is 10.2. The van der Waals surface area contributed by atoms with E-state index in [0.717, 1.165) is 11.8 Å². The Bertz CT molecular complexity index is 425. The molecule has 0 spiro atoms. The Labute approximate surface area is 88.5 Å². The highest BCUT2D eigenvalue weighted by atomic mass is 32.2. The standard InChI is InChI=1S/C9H12N2O3S/c1-15(13,14)11-9-4-2-8(3-5-9)6-10-7-12/h2-5,7,11H,6H2,1H3,(H,10,12). The van der Waals surface area contributed by atoms with Crippen molar-refractivity contribution in [3.63, 3.8) is 0 Å². The minimum Gasteiger partial charge on any atom is -0.355 e. The summed E-state index contributed by atoms with van der Waals surface area (Å²) in [6.07, 6.45) is 1.71. The van der Waals surface area contributed by atoms with Crippen LogP contribution in [-0.4, -0.2) is 21.1 Å². The van der Waals surface area contributed by atoms with Gasteiger partial charge in [0.15, 0.2) is 0 Å². The number of anilines is 1. The minimum atomic E-state index is -3.23. The molecule has 0 aliphatic rings. The van der Waals surface area contributed by atoms with Gasteiger partial charge in [-0.2, -0.15) is 0 Å². The van der Waals surface area contributed by atoms with Crippen LogP contribution in [-0.2, 0) is 21.4 Å². The Morgan fingerprint density at radius 3 is 2.33 bits per heavy atom. The van der Waals surface area contributed by atoms with Crippen molar-refractivity contribution in [2.75, 3.05) is 11.0 Å². The van der Waals surface area contributed by atoms with Gasteiger partial charge >= 0.3 is 0 Å². The van der Waals surface area contributed by atoms with Gasteiger partial charge in [-0.15, -0.1) is 0 Å². The summed E-state index contributed by atoms with van der Waals surface area (Å²) in [5.74, 6) is 0. The zero-order valence-electron chi connectivity index (χ0n) is 8.23. The third-order valence-electron chi connectivity index (χ3n) is 1.65. The van der Waals surface area contributed by atoms with Crippen LogP contribution in [0.3, 0.4) is 0 Å². The van der Waals surface area contributed by atoms with Crippen LogP contribution in [0.25, 0.3) is 0 Å². The molecule has 0 fully saturated rings. The predicted octanol–water partition coefficient (Wildman–Crippen LogP) is 0.304. The summed E-state index contributed by atoms with van der Waals surface area (Å²) in [6.45, 7) is 0.433. The van der Waals surface area contributed by atoms with E-state index in [1.165, 1.54) is 0 Å². The van der Waals surface area contributed by atoms with Crippen molar-refractivity contribution in [2.45, 2.75) is 6.54 Å². The molecule has 0 aromatic heterocycles. The van der Waals surface area contributed by atoms with Crippen LogP contribution in [0.1, 0.15) is 5.56 Å². The summed E-state index contributed by atoms with van der Waals surface area (Å²) in [7, 11) is -3.23. The average molecular weight is 228 g/mol. The molecule has 0 aliphatic carbocycles. The Balaban J connectivity index is 2.68. The molecule has 0 saturated carbocycles. The smallest absolute Gasteiger partial charge is 0.229 e. The maximum absolute atomic E-state index is 10.9. The highest BCUT2D eigenvalue weighted by molar-refractivity contribution is 7.92. The second-order valence-electron chi connectivity index (χ2n) is 3.07. The van der Waals surface area contributed by atoms with Crippen LogP contribution in [0.5, 0.6) is 0 Å². The van der Waals surface area contributed by atoms with E-state index >= 15 is 0 Å². The molecule has 1 amide bonds. The van der Waals surface area contributed by atoms with Crippen molar-refractivity contribution in [3.8, 4) is 0 Å². The van der Waals surface area contributed by atoms with Crippen LogP contribution >= 0.6 is 0 Å². The fourth-order valence-electron chi connectivity index (χ4n) is 1.06. The van der Waals surface area contributed by atoms with Gasteiger partial charge in [0.25, 0.3) is 0 Å². The quantitative estimate of drug-likeness (QED) is 0.712. The largest absolute Gasteiger partial charge is 0.355 e. The van der Waals surface area contributed by atoms with Gasteiger partial charge in [-0.25, -0.2) is 8.42 Å². The molecule has 0 aliphatic heterocycles. The molecule has 5 nitrogen and oxygen atoms in total. The first kappa shape index (κ1) is 11.5. The molecule has 0 bridgehead atoms. The van der Waals surface area contributed by atoms with Crippen LogP contribution in [0.15, 0.2) is 24.3 Å². The lowest BCUT2D eigenvalue weighted by Crippen LogP contribution is -2.11. The third kappa shape index (κ3) is 4.46. The molecule has 1 aromatic rings. The molecular weight excluding hydrogens is 216 g/mol. The van der Waals surface area contributed by atoms with E-state index in [1.807, 2.05) is 0 Å². The molecule has 0 heterocycles. The molecule has 15 heavy (non-hydrogen) atoms. The summed E-state index contributed by atoms with van der Waals surface area (Å²) < 4.78 is 24.1. The number of hydrogen-bond acceptors (Lipinski definition) is 3. The fraction of sp³-hybridized carbons (Fsp3) is 0.222. The first-order chi connectivity index (χ1) is 7.01. The van der Waals surface area contributed by atoms with Gasteiger partial charge in [-0.1, -0.05) is 12.1 Å². The SMILES string of the molecule is CS(=O)(=O)Nc1ccc(CNC=O)cc1. The molecule has 82 valence electrons. The topological polar surface area (TPSA) is 75.3 Å². The first-order valence-electron chi connectivity index (χ1n) is 4.25. The van der Waals surface area contributed by atoms with Crippen molar-refractivity contribution in [1.82, 2.24) is 5.32 Å². The number of benzene rings is 1. The fourth-order valence-corrected chi connectivity index (χ4v) is 1.63. The highest BCUT2D eigenvalue weighted by Gasteiger charge is 2.00. The number of amides is 1. The van der Waals surface area contributed by atoms with Crippen molar-refractivity contribution in [3.05, 3.63) is 29.8 Å². The van der Waals surface area contributed by atoms with Gasteiger partial charge in [-0.05, 0) is 17.7 Å². The van der Waals surface area contributed by atoms with E-state index in [-0.39, 0.29) is 0 Å². The minimum absolute atomic E-state index is 0.433. The molecule has 6 heteroatoms. The maximum Gasteiger partial charge on any atom is 0.229 e. The van der Waals surface area contributed by atoms with Gasteiger partial charge in [0.1, 0.15) is 0 Å². The predicted molar refractivity (Wildman–Crippen MR) is 57.8 cm³/mol. The van der Waals surface area contributed by atoms with Crippen LogP contribution in [0.4, 0.5) is 5.69 Å². The van der Waals surface area contributed by atoms with Crippen molar-refractivity contribution < 1.29 is 13.2 Å². The van der Waals surface area contributed by atoms with Crippen LogP contribution in [0.2, 0.25) is 0 Å². The average Bonchev–Trinajstić information content (AvgIpc) is 2.14. The molecule has 2 N–H and O–H groups in total. The highest BCUT2D eigenvalue weighted by Crippen LogP contribution is 2.10. The number of hydrogen-bond donors (Lipinski definition) is 2. The number of carbonyl (C=O) groups excluding carboxylic acids is 1. The summed E-state index contributed by atoms with van der Waals surface area (Å²) in [5, 5.41) is 2.51. The summed E-state index contributed by atoms with van der Waals surface area (Å²) in [6, 6.07) is 6.76. The van der Waals surface area contributed by atoms with E-state index in [2.05, 4.69) is 10.0 Å². The molecule has 0 radical (unpaired) electrons. The lowest BCUT2D eigenvalue weighted by Gasteiger charge is -2.04. The van der Waals surface area contributed by atoms with Gasteiger partial charge in [-0.3, -0.25) is 9.52 Å². The Morgan fingerprint density at radius 1 is 1.27 bits per heavy atom. The van der Waals surface area contributed by atoms with Gasteiger partial charge < -0.3 is 5.32 Å². The van der Waals surface area contributed by atoms with Crippen LogP contribution < -0.4 is 10.0 Å². The number of sulfonamides is 1. The number of carbonyl (C=O) groups is 1. The lowest BCUT2D eigenvalue weighted by molar-refractivity contribution is -0.109. The normalized spacial score (nSPS) is 10.7. The van der Waals surface area contributed by atoms with E-state index in [4.69, 9.17) is 0 Å². The zero-order chi connectivity index (χ0) is 11.3. The second-order valence-corrected chi connectivity index (χ2v) is 4.82. The summed E-state index contributed by atoms with van der Waals surface area (Å²) >= 11 is 0. The Hall–Kier alpha value is -1.56. The summed E-state index contributed by atoms with van der Waals surface area (Å²) in [4.78, 5) is 10.0. The van der Waals surface area contributed by atoms with Gasteiger partial charge in [0, 0.05) is 12.2 Å².